The van der Waals surface area contributed by atoms with Crippen LogP contribution in [0.1, 0.15) is 5.56 Å². The van der Waals surface area contributed by atoms with Crippen LogP contribution in [0.4, 0.5) is 23.0 Å². The minimum Gasteiger partial charge on any atom is -0.497 e. The van der Waals surface area contributed by atoms with Crippen LogP contribution in [-0.4, -0.2) is 41.9 Å². The lowest BCUT2D eigenvalue weighted by Crippen LogP contribution is -2.15. The first-order chi connectivity index (χ1) is 14.3. The molecule has 0 radical (unpaired) electrons. The molecule has 2 aromatic heterocycles. The van der Waals surface area contributed by atoms with E-state index in [0.29, 0.717) is 17.3 Å². The van der Waals surface area contributed by atoms with Gasteiger partial charge in [0.15, 0.2) is 5.65 Å². The summed E-state index contributed by atoms with van der Waals surface area (Å²) in [6.45, 7) is 1.97. The van der Waals surface area contributed by atoms with E-state index in [1.165, 1.54) is 0 Å². The number of sulfonamides is 1. The SMILES string of the molecule is COc1ccc(N(c2ccc(NS(C)(=O)=O)cc2)c2ncc3cn[nH]c3n2)c(C)c1. The summed E-state index contributed by atoms with van der Waals surface area (Å²) in [4.78, 5) is 11.0. The number of aromatic amines is 1. The second kappa shape index (κ2) is 7.64. The van der Waals surface area contributed by atoms with Gasteiger partial charge in [-0.1, -0.05) is 0 Å². The highest BCUT2D eigenvalue weighted by Crippen LogP contribution is 2.36. The van der Waals surface area contributed by atoms with Crippen molar-refractivity contribution >= 4 is 44.1 Å². The van der Waals surface area contributed by atoms with Crippen LogP contribution in [0.15, 0.2) is 54.9 Å². The number of H-pyrrole nitrogens is 1. The number of nitrogens with one attached hydrogen (secondary N) is 2. The molecular formula is C20H20N6O3S. The summed E-state index contributed by atoms with van der Waals surface area (Å²) in [7, 11) is -1.74. The van der Waals surface area contributed by atoms with Crippen LogP contribution in [0.5, 0.6) is 5.75 Å². The molecule has 0 saturated carbocycles. The van der Waals surface area contributed by atoms with Gasteiger partial charge in [-0.2, -0.15) is 10.1 Å². The molecule has 30 heavy (non-hydrogen) atoms. The Kier molecular flexibility index (Phi) is 5.00. The third-order valence-corrected chi connectivity index (χ3v) is 5.06. The Labute approximate surface area is 173 Å². The van der Waals surface area contributed by atoms with Gasteiger partial charge in [-0.05, 0) is 55.0 Å². The topological polar surface area (TPSA) is 113 Å². The van der Waals surface area contributed by atoms with Crippen LogP contribution in [0.3, 0.4) is 0 Å². The molecule has 4 rings (SSSR count). The zero-order chi connectivity index (χ0) is 21.3. The molecular weight excluding hydrogens is 404 g/mol. The Morgan fingerprint density at radius 1 is 1.10 bits per heavy atom. The molecule has 0 unspecified atom stereocenters. The summed E-state index contributed by atoms with van der Waals surface area (Å²) >= 11 is 0. The normalized spacial score (nSPS) is 11.4. The van der Waals surface area contributed by atoms with Gasteiger partial charge >= 0.3 is 0 Å². The summed E-state index contributed by atoms with van der Waals surface area (Å²) in [5.74, 6) is 1.19. The maximum absolute atomic E-state index is 11.5. The quantitative estimate of drug-likeness (QED) is 0.487. The molecule has 154 valence electrons. The zero-order valence-corrected chi connectivity index (χ0v) is 17.4. The second-order valence-electron chi connectivity index (χ2n) is 6.75. The molecule has 0 atom stereocenters. The number of rotatable bonds is 6. The molecule has 0 fully saturated rings. The van der Waals surface area contributed by atoms with Gasteiger partial charge in [-0.3, -0.25) is 14.7 Å². The number of hydrogen-bond donors (Lipinski definition) is 2. The van der Waals surface area contributed by atoms with E-state index in [4.69, 9.17) is 4.74 Å². The molecule has 0 aliphatic heterocycles. The number of benzene rings is 2. The molecule has 0 spiro atoms. The summed E-state index contributed by atoms with van der Waals surface area (Å²) in [6.07, 6.45) is 4.47. The van der Waals surface area contributed by atoms with Crippen molar-refractivity contribution in [3.63, 3.8) is 0 Å². The van der Waals surface area contributed by atoms with Crippen LogP contribution < -0.4 is 14.4 Å². The smallest absolute Gasteiger partial charge is 0.236 e. The fraction of sp³-hybridized carbons (Fsp3) is 0.150. The maximum atomic E-state index is 11.5. The van der Waals surface area contributed by atoms with E-state index in [9.17, 15) is 8.42 Å². The van der Waals surface area contributed by atoms with Crippen LogP contribution in [0.25, 0.3) is 11.0 Å². The molecule has 0 amide bonds. The number of anilines is 4. The molecule has 10 heteroatoms. The molecule has 0 saturated heterocycles. The third-order valence-electron chi connectivity index (χ3n) is 4.45. The number of nitrogens with zero attached hydrogens (tertiary/aromatic N) is 4. The predicted octanol–water partition coefficient (Wildman–Crippen LogP) is 3.51. The summed E-state index contributed by atoms with van der Waals surface area (Å²) in [6, 6.07) is 12.7. The van der Waals surface area contributed by atoms with E-state index in [1.807, 2.05) is 30.0 Å². The second-order valence-corrected chi connectivity index (χ2v) is 8.50. The average Bonchev–Trinajstić information content (AvgIpc) is 3.17. The van der Waals surface area contributed by atoms with Crippen molar-refractivity contribution in [3.05, 3.63) is 60.4 Å². The van der Waals surface area contributed by atoms with Crippen molar-refractivity contribution < 1.29 is 13.2 Å². The highest BCUT2D eigenvalue weighted by atomic mass is 32.2. The Hall–Kier alpha value is -3.66. The predicted molar refractivity (Wildman–Crippen MR) is 116 cm³/mol. The zero-order valence-electron chi connectivity index (χ0n) is 16.6. The van der Waals surface area contributed by atoms with Gasteiger partial charge in [0.25, 0.3) is 0 Å². The Morgan fingerprint density at radius 3 is 2.53 bits per heavy atom. The minimum absolute atomic E-state index is 0.448. The van der Waals surface area contributed by atoms with E-state index >= 15 is 0 Å². The van der Waals surface area contributed by atoms with Gasteiger partial charge in [-0.25, -0.2) is 13.4 Å². The van der Waals surface area contributed by atoms with Gasteiger partial charge in [0, 0.05) is 17.6 Å². The fourth-order valence-corrected chi connectivity index (χ4v) is 3.66. The number of aromatic nitrogens is 4. The minimum atomic E-state index is -3.36. The van der Waals surface area contributed by atoms with Crippen LogP contribution in [0, 0.1) is 6.92 Å². The average molecular weight is 424 g/mol. The Morgan fingerprint density at radius 2 is 1.87 bits per heavy atom. The summed E-state index contributed by atoms with van der Waals surface area (Å²) in [5.41, 5.74) is 3.67. The highest BCUT2D eigenvalue weighted by molar-refractivity contribution is 7.92. The largest absolute Gasteiger partial charge is 0.497 e. The van der Waals surface area contributed by atoms with Crippen LogP contribution in [-0.2, 0) is 10.0 Å². The summed E-state index contributed by atoms with van der Waals surface area (Å²) in [5, 5.41) is 7.67. The molecule has 2 heterocycles. The number of fused-ring (bicyclic) bond motifs is 1. The van der Waals surface area contributed by atoms with E-state index in [-0.39, 0.29) is 0 Å². The van der Waals surface area contributed by atoms with Crippen molar-refractivity contribution in [2.45, 2.75) is 6.92 Å². The van der Waals surface area contributed by atoms with Crippen molar-refractivity contribution in [3.8, 4) is 5.75 Å². The molecule has 0 aliphatic carbocycles. The molecule has 9 nitrogen and oxygen atoms in total. The Bertz CT molecular complexity index is 1300. The first-order valence-electron chi connectivity index (χ1n) is 9.03. The number of methoxy groups -OCH3 is 1. The van der Waals surface area contributed by atoms with Gasteiger partial charge in [0.05, 0.1) is 30.6 Å². The number of hydrogen-bond acceptors (Lipinski definition) is 7. The lowest BCUT2D eigenvalue weighted by molar-refractivity contribution is 0.414. The van der Waals surface area contributed by atoms with Gasteiger partial charge < -0.3 is 4.74 Å². The molecule has 0 aliphatic rings. The lowest BCUT2D eigenvalue weighted by Gasteiger charge is -2.25. The molecule has 4 aromatic rings. The van der Waals surface area contributed by atoms with Crippen LogP contribution >= 0.6 is 0 Å². The van der Waals surface area contributed by atoms with Crippen molar-refractivity contribution in [1.82, 2.24) is 20.2 Å². The fourth-order valence-electron chi connectivity index (χ4n) is 3.10. The van der Waals surface area contributed by atoms with E-state index in [0.717, 1.165) is 34.3 Å². The third kappa shape index (κ3) is 4.03. The maximum Gasteiger partial charge on any atom is 0.236 e. The Balaban J connectivity index is 1.83. The summed E-state index contributed by atoms with van der Waals surface area (Å²) < 4.78 is 30.8. The van der Waals surface area contributed by atoms with Gasteiger partial charge in [-0.15, -0.1) is 0 Å². The monoisotopic (exact) mass is 424 g/mol. The first-order valence-corrected chi connectivity index (χ1v) is 10.9. The molecule has 2 aromatic carbocycles. The molecule has 2 N–H and O–H groups in total. The number of aryl methyl sites for hydroxylation is 1. The first kappa shape index (κ1) is 19.6. The number of ether oxygens (including phenoxy) is 1. The van der Waals surface area contributed by atoms with Gasteiger partial charge in [0.2, 0.25) is 16.0 Å². The standard InChI is InChI=1S/C20H20N6O3S/c1-13-10-17(29-2)8-9-18(13)26(20-21-11-14-12-22-24-19(14)23-20)16-6-4-15(5-7-16)25-30(3,27)28/h4-12,25H,1-3H3,(H,21,22,23,24). The van der Waals surface area contributed by atoms with Crippen molar-refractivity contribution in [1.29, 1.82) is 0 Å². The van der Waals surface area contributed by atoms with E-state index < -0.39 is 10.0 Å². The van der Waals surface area contributed by atoms with Crippen molar-refractivity contribution in [2.24, 2.45) is 0 Å². The van der Waals surface area contributed by atoms with E-state index in [1.54, 1.807) is 43.8 Å². The van der Waals surface area contributed by atoms with E-state index in [2.05, 4.69) is 24.9 Å². The van der Waals surface area contributed by atoms with Crippen molar-refractivity contribution in [2.75, 3.05) is 23.0 Å². The highest BCUT2D eigenvalue weighted by Gasteiger charge is 2.19. The lowest BCUT2D eigenvalue weighted by atomic mass is 10.1. The molecule has 0 bridgehead atoms. The van der Waals surface area contributed by atoms with Crippen LogP contribution in [0.2, 0.25) is 0 Å². The van der Waals surface area contributed by atoms with Gasteiger partial charge in [0.1, 0.15) is 5.75 Å².